The van der Waals surface area contributed by atoms with Crippen LogP contribution in [0.4, 0.5) is 0 Å². The molecule has 0 N–H and O–H groups in total. The predicted molar refractivity (Wildman–Crippen MR) is 108 cm³/mol. The molecule has 7 nitrogen and oxygen atoms in total. The van der Waals surface area contributed by atoms with Crippen LogP contribution in [-0.4, -0.2) is 45.4 Å². The van der Waals surface area contributed by atoms with Gasteiger partial charge in [0.2, 0.25) is 0 Å². The minimum absolute atomic E-state index is 0.0949. The van der Waals surface area contributed by atoms with Gasteiger partial charge in [-0.3, -0.25) is 9.59 Å². The molecule has 0 heterocycles. The van der Waals surface area contributed by atoms with Crippen LogP contribution in [0.3, 0.4) is 0 Å². The second-order valence-corrected chi connectivity index (χ2v) is 8.15. The normalized spacial score (nSPS) is 11.0. The summed E-state index contributed by atoms with van der Waals surface area (Å²) in [6, 6.07) is 10.9. The van der Waals surface area contributed by atoms with Crippen molar-refractivity contribution >= 4 is 22.0 Å². The predicted octanol–water partition coefficient (Wildman–Crippen LogP) is 3.10. The summed E-state index contributed by atoms with van der Waals surface area (Å²) in [6.07, 6.45) is 0.679. The average Bonchev–Trinajstić information content (AvgIpc) is 2.69. The van der Waals surface area contributed by atoms with Crippen LogP contribution in [0.15, 0.2) is 47.4 Å². The standard InChI is InChI=1S/C21H25NO6S/c1-5-12-22(14-20(23)27-4)21(24)17-8-10-18(11-9-17)28-29(25,26)19-13-15(2)6-7-16(19)3/h6-11,13H,5,12,14H2,1-4H3. The van der Waals surface area contributed by atoms with Crippen LogP contribution < -0.4 is 4.18 Å². The van der Waals surface area contributed by atoms with Crippen molar-refractivity contribution in [2.45, 2.75) is 32.1 Å². The molecule has 0 saturated carbocycles. The minimum atomic E-state index is -4.00. The van der Waals surface area contributed by atoms with E-state index in [1.807, 2.05) is 13.0 Å². The van der Waals surface area contributed by atoms with Gasteiger partial charge in [-0.25, -0.2) is 0 Å². The van der Waals surface area contributed by atoms with Gasteiger partial charge in [0.1, 0.15) is 17.2 Å². The first kappa shape index (κ1) is 22.4. The zero-order valence-corrected chi connectivity index (χ0v) is 17.8. The number of rotatable bonds is 8. The van der Waals surface area contributed by atoms with Gasteiger partial charge in [-0.15, -0.1) is 0 Å². The Hall–Kier alpha value is -2.87. The minimum Gasteiger partial charge on any atom is -0.468 e. The first-order valence-corrected chi connectivity index (χ1v) is 10.6. The molecule has 8 heteroatoms. The van der Waals surface area contributed by atoms with Crippen molar-refractivity contribution in [3.8, 4) is 5.75 Å². The van der Waals surface area contributed by atoms with Crippen molar-refractivity contribution < 1.29 is 26.9 Å². The number of ether oxygens (including phenoxy) is 1. The Morgan fingerprint density at radius 2 is 1.69 bits per heavy atom. The molecule has 0 aromatic heterocycles. The lowest BCUT2D eigenvalue weighted by atomic mass is 10.2. The maximum Gasteiger partial charge on any atom is 0.339 e. The molecule has 0 saturated heterocycles. The topological polar surface area (TPSA) is 90.0 Å². The highest BCUT2D eigenvalue weighted by Gasteiger charge is 2.21. The van der Waals surface area contributed by atoms with E-state index >= 15 is 0 Å². The quantitative estimate of drug-likeness (QED) is 0.482. The molecule has 0 fully saturated rings. The largest absolute Gasteiger partial charge is 0.468 e. The van der Waals surface area contributed by atoms with Crippen molar-refractivity contribution in [3.63, 3.8) is 0 Å². The molecule has 0 radical (unpaired) electrons. The lowest BCUT2D eigenvalue weighted by Crippen LogP contribution is -2.36. The first-order valence-electron chi connectivity index (χ1n) is 9.15. The Labute approximate surface area is 171 Å². The van der Waals surface area contributed by atoms with Gasteiger partial charge in [0.25, 0.3) is 5.91 Å². The molecular formula is C21H25NO6S. The van der Waals surface area contributed by atoms with E-state index < -0.39 is 16.1 Å². The van der Waals surface area contributed by atoms with Crippen LogP contribution in [0, 0.1) is 13.8 Å². The highest BCUT2D eigenvalue weighted by molar-refractivity contribution is 7.87. The van der Waals surface area contributed by atoms with Crippen molar-refractivity contribution in [2.24, 2.45) is 0 Å². The SMILES string of the molecule is CCCN(CC(=O)OC)C(=O)c1ccc(OS(=O)(=O)c2cc(C)ccc2C)cc1. The summed E-state index contributed by atoms with van der Waals surface area (Å²) in [5, 5.41) is 0. The third-order valence-electron chi connectivity index (χ3n) is 4.25. The average molecular weight is 419 g/mol. The third kappa shape index (κ3) is 5.80. The molecule has 0 spiro atoms. The number of esters is 1. The number of benzene rings is 2. The van der Waals surface area contributed by atoms with E-state index in [1.54, 1.807) is 26.0 Å². The lowest BCUT2D eigenvalue weighted by molar-refractivity contribution is -0.141. The number of hydrogen-bond donors (Lipinski definition) is 0. The Morgan fingerprint density at radius 1 is 1.03 bits per heavy atom. The number of carbonyl (C=O) groups excluding carboxylic acids is 2. The number of amides is 1. The lowest BCUT2D eigenvalue weighted by Gasteiger charge is -2.20. The van der Waals surface area contributed by atoms with Gasteiger partial charge in [0.05, 0.1) is 7.11 Å². The summed E-state index contributed by atoms with van der Waals surface area (Å²) in [7, 11) is -2.74. The Morgan fingerprint density at radius 3 is 2.28 bits per heavy atom. The maximum absolute atomic E-state index is 12.6. The van der Waals surface area contributed by atoms with E-state index in [0.717, 1.165) is 5.56 Å². The molecule has 156 valence electrons. The Kier molecular flexibility index (Phi) is 7.39. The van der Waals surface area contributed by atoms with Crippen LogP contribution in [0.25, 0.3) is 0 Å². The van der Waals surface area contributed by atoms with Gasteiger partial charge in [-0.1, -0.05) is 19.1 Å². The highest BCUT2D eigenvalue weighted by atomic mass is 32.2. The van der Waals surface area contributed by atoms with E-state index in [2.05, 4.69) is 4.74 Å². The molecule has 1 amide bonds. The van der Waals surface area contributed by atoms with Crippen molar-refractivity contribution in [3.05, 3.63) is 59.2 Å². The van der Waals surface area contributed by atoms with E-state index in [9.17, 15) is 18.0 Å². The molecule has 0 atom stereocenters. The number of hydrogen-bond acceptors (Lipinski definition) is 6. The van der Waals surface area contributed by atoms with Crippen LogP contribution in [0.2, 0.25) is 0 Å². The van der Waals surface area contributed by atoms with Crippen LogP contribution in [0.5, 0.6) is 5.75 Å². The van der Waals surface area contributed by atoms with Gasteiger partial charge in [0, 0.05) is 12.1 Å². The summed E-state index contributed by atoms with van der Waals surface area (Å²) >= 11 is 0. The number of nitrogens with zero attached hydrogens (tertiary/aromatic N) is 1. The second-order valence-electron chi connectivity index (χ2n) is 6.63. The van der Waals surface area contributed by atoms with E-state index in [0.29, 0.717) is 24.1 Å². The second kappa shape index (κ2) is 9.56. The van der Waals surface area contributed by atoms with Crippen LogP contribution in [-0.2, 0) is 19.6 Å². The molecule has 0 aliphatic heterocycles. The highest BCUT2D eigenvalue weighted by Crippen LogP contribution is 2.23. The van der Waals surface area contributed by atoms with Crippen molar-refractivity contribution in [1.29, 1.82) is 0 Å². The number of aryl methyl sites for hydroxylation is 2. The fraction of sp³-hybridized carbons (Fsp3) is 0.333. The van der Waals surface area contributed by atoms with Crippen LogP contribution >= 0.6 is 0 Å². The fourth-order valence-corrected chi connectivity index (χ4v) is 3.97. The molecule has 0 unspecified atom stereocenters. The third-order valence-corrected chi connectivity index (χ3v) is 5.64. The number of carbonyl (C=O) groups is 2. The van der Waals surface area contributed by atoms with Crippen molar-refractivity contribution in [1.82, 2.24) is 4.90 Å². The molecule has 0 bridgehead atoms. The van der Waals surface area contributed by atoms with E-state index in [1.165, 1.54) is 36.3 Å². The van der Waals surface area contributed by atoms with E-state index in [-0.39, 0.29) is 23.1 Å². The molecule has 0 aliphatic rings. The van der Waals surface area contributed by atoms with Gasteiger partial charge < -0.3 is 13.8 Å². The van der Waals surface area contributed by atoms with Crippen LogP contribution in [0.1, 0.15) is 34.8 Å². The summed E-state index contributed by atoms with van der Waals surface area (Å²) in [5.74, 6) is -0.759. The zero-order valence-electron chi connectivity index (χ0n) is 17.0. The first-order chi connectivity index (χ1) is 13.7. The van der Waals surface area contributed by atoms with Gasteiger partial charge >= 0.3 is 16.1 Å². The molecule has 29 heavy (non-hydrogen) atoms. The van der Waals surface area contributed by atoms with Gasteiger partial charge in [0.15, 0.2) is 0 Å². The monoisotopic (exact) mass is 419 g/mol. The van der Waals surface area contributed by atoms with Crippen molar-refractivity contribution in [2.75, 3.05) is 20.2 Å². The maximum atomic E-state index is 12.6. The number of methoxy groups -OCH3 is 1. The molecule has 2 aromatic rings. The Balaban J connectivity index is 2.19. The molecule has 0 aliphatic carbocycles. The summed E-state index contributed by atoms with van der Waals surface area (Å²) in [4.78, 5) is 25.7. The van der Waals surface area contributed by atoms with Gasteiger partial charge in [-0.05, 0) is 61.7 Å². The Bertz CT molecular complexity index is 983. The zero-order chi connectivity index (χ0) is 21.6. The summed E-state index contributed by atoms with van der Waals surface area (Å²) in [6.45, 7) is 5.64. The molecular weight excluding hydrogens is 394 g/mol. The molecule has 2 rings (SSSR count). The smallest absolute Gasteiger partial charge is 0.339 e. The summed E-state index contributed by atoms with van der Waals surface area (Å²) < 4.78 is 35.0. The molecule has 2 aromatic carbocycles. The van der Waals surface area contributed by atoms with E-state index in [4.69, 9.17) is 4.18 Å². The summed E-state index contributed by atoms with van der Waals surface area (Å²) in [5.41, 5.74) is 1.71. The fourth-order valence-electron chi connectivity index (χ4n) is 2.73. The van der Waals surface area contributed by atoms with Gasteiger partial charge in [-0.2, -0.15) is 8.42 Å².